The van der Waals surface area contributed by atoms with E-state index >= 15 is 0 Å². The molecule has 2 nitrogen and oxygen atoms in total. The summed E-state index contributed by atoms with van der Waals surface area (Å²) in [6, 6.07) is 0.484. The molecule has 1 atom stereocenters. The molecule has 0 saturated heterocycles. The van der Waals surface area contributed by atoms with E-state index in [1.54, 1.807) is 0 Å². The van der Waals surface area contributed by atoms with Gasteiger partial charge in [0.05, 0.1) is 0 Å². The van der Waals surface area contributed by atoms with E-state index in [-0.39, 0.29) is 0 Å². The summed E-state index contributed by atoms with van der Waals surface area (Å²) in [6.07, 6.45) is 7.12. The third-order valence-corrected chi connectivity index (χ3v) is 3.53. The standard InChI is InChI=1S/C12H26N2/c1-10-3-5-12(6-4-10)7-8-14-11(2)9-13/h10-12,14H,3-9,13H2,1-2H3. The number of nitrogens with two attached hydrogens (primary N) is 1. The van der Waals surface area contributed by atoms with E-state index in [1.165, 1.54) is 32.1 Å². The Morgan fingerprint density at radius 3 is 2.50 bits per heavy atom. The van der Waals surface area contributed by atoms with E-state index in [1.807, 2.05) is 0 Å². The van der Waals surface area contributed by atoms with Gasteiger partial charge >= 0.3 is 0 Å². The lowest BCUT2D eigenvalue weighted by molar-refractivity contribution is 0.273. The fraction of sp³-hybridized carbons (Fsp3) is 1.00. The van der Waals surface area contributed by atoms with Gasteiger partial charge in [0.1, 0.15) is 0 Å². The third-order valence-electron chi connectivity index (χ3n) is 3.53. The lowest BCUT2D eigenvalue weighted by Gasteiger charge is -2.26. The van der Waals surface area contributed by atoms with Gasteiger partial charge in [-0.05, 0) is 31.7 Å². The van der Waals surface area contributed by atoms with Crippen LogP contribution in [0.25, 0.3) is 0 Å². The zero-order valence-corrected chi connectivity index (χ0v) is 9.76. The summed E-state index contributed by atoms with van der Waals surface area (Å²) in [7, 11) is 0. The van der Waals surface area contributed by atoms with Crippen molar-refractivity contribution in [2.45, 2.75) is 52.0 Å². The Morgan fingerprint density at radius 1 is 1.29 bits per heavy atom. The molecule has 0 aliphatic heterocycles. The minimum absolute atomic E-state index is 0.484. The molecule has 0 bridgehead atoms. The Hall–Kier alpha value is -0.0800. The molecule has 1 rings (SSSR count). The Labute approximate surface area is 88.6 Å². The number of hydrogen-bond donors (Lipinski definition) is 2. The zero-order chi connectivity index (χ0) is 10.4. The van der Waals surface area contributed by atoms with Crippen LogP contribution in [0.2, 0.25) is 0 Å². The smallest absolute Gasteiger partial charge is 0.0161 e. The summed E-state index contributed by atoms with van der Waals surface area (Å²) in [6.45, 7) is 6.44. The zero-order valence-electron chi connectivity index (χ0n) is 9.76. The van der Waals surface area contributed by atoms with Crippen LogP contribution in [0.5, 0.6) is 0 Å². The summed E-state index contributed by atoms with van der Waals surface area (Å²) >= 11 is 0. The molecular formula is C12H26N2. The van der Waals surface area contributed by atoms with Crippen molar-refractivity contribution < 1.29 is 0 Å². The van der Waals surface area contributed by atoms with E-state index in [4.69, 9.17) is 5.73 Å². The van der Waals surface area contributed by atoms with Crippen LogP contribution in [0.1, 0.15) is 46.0 Å². The summed E-state index contributed by atoms with van der Waals surface area (Å²) in [5, 5.41) is 3.47. The second kappa shape index (κ2) is 6.41. The van der Waals surface area contributed by atoms with Crippen LogP contribution in [-0.2, 0) is 0 Å². The SMILES string of the molecule is CC1CCC(CCNC(C)CN)CC1. The third kappa shape index (κ3) is 4.43. The largest absolute Gasteiger partial charge is 0.329 e. The van der Waals surface area contributed by atoms with Crippen molar-refractivity contribution in [3.63, 3.8) is 0 Å². The first kappa shape index (κ1) is 12.0. The van der Waals surface area contributed by atoms with Crippen molar-refractivity contribution in [2.75, 3.05) is 13.1 Å². The van der Waals surface area contributed by atoms with Crippen molar-refractivity contribution in [1.29, 1.82) is 0 Å². The minimum Gasteiger partial charge on any atom is -0.329 e. The molecule has 0 heterocycles. The molecule has 1 saturated carbocycles. The summed E-state index contributed by atoms with van der Waals surface area (Å²) in [4.78, 5) is 0. The van der Waals surface area contributed by atoms with E-state index in [2.05, 4.69) is 19.2 Å². The van der Waals surface area contributed by atoms with Gasteiger partial charge in [-0.1, -0.05) is 32.6 Å². The van der Waals surface area contributed by atoms with Gasteiger partial charge in [0.2, 0.25) is 0 Å². The van der Waals surface area contributed by atoms with Gasteiger partial charge in [0, 0.05) is 12.6 Å². The van der Waals surface area contributed by atoms with Gasteiger partial charge in [0.25, 0.3) is 0 Å². The summed E-state index contributed by atoms with van der Waals surface area (Å²) < 4.78 is 0. The molecule has 0 amide bonds. The highest BCUT2D eigenvalue weighted by molar-refractivity contribution is 4.71. The van der Waals surface area contributed by atoms with Crippen molar-refractivity contribution >= 4 is 0 Å². The lowest BCUT2D eigenvalue weighted by Crippen LogP contribution is -2.34. The van der Waals surface area contributed by atoms with Crippen LogP contribution in [0.15, 0.2) is 0 Å². The van der Waals surface area contributed by atoms with Gasteiger partial charge in [-0.2, -0.15) is 0 Å². The number of rotatable bonds is 5. The highest BCUT2D eigenvalue weighted by atomic mass is 14.9. The van der Waals surface area contributed by atoms with Crippen LogP contribution >= 0.6 is 0 Å². The minimum atomic E-state index is 0.484. The van der Waals surface area contributed by atoms with Gasteiger partial charge < -0.3 is 11.1 Å². The van der Waals surface area contributed by atoms with Crippen molar-refractivity contribution in [2.24, 2.45) is 17.6 Å². The molecule has 1 aliphatic rings. The molecule has 1 fully saturated rings. The number of hydrogen-bond acceptors (Lipinski definition) is 2. The van der Waals surface area contributed by atoms with Gasteiger partial charge in [-0.25, -0.2) is 0 Å². The second-order valence-electron chi connectivity index (χ2n) is 5.01. The quantitative estimate of drug-likeness (QED) is 0.710. The molecule has 0 aromatic rings. The normalized spacial score (nSPS) is 30.2. The Morgan fingerprint density at radius 2 is 1.93 bits per heavy atom. The average molecular weight is 198 g/mol. The molecule has 0 radical (unpaired) electrons. The first-order valence-electron chi connectivity index (χ1n) is 6.15. The topological polar surface area (TPSA) is 38.0 Å². The van der Waals surface area contributed by atoms with Crippen LogP contribution in [-0.4, -0.2) is 19.1 Å². The van der Waals surface area contributed by atoms with Crippen LogP contribution in [0.4, 0.5) is 0 Å². The van der Waals surface area contributed by atoms with Gasteiger partial charge in [-0.3, -0.25) is 0 Å². The predicted molar refractivity (Wildman–Crippen MR) is 62.3 cm³/mol. The van der Waals surface area contributed by atoms with Crippen molar-refractivity contribution in [3.8, 4) is 0 Å². The molecular weight excluding hydrogens is 172 g/mol. The Bertz CT molecular complexity index is 139. The Kier molecular flexibility index (Phi) is 5.49. The molecule has 1 unspecified atom stereocenters. The molecule has 2 heteroatoms. The highest BCUT2D eigenvalue weighted by Gasteiger charge is 2.17. The predicted octanol–water partition coefficient (Wildman–Crippen LogP) is 2.14. The summed E-state index contributed by atoms with van der Waals surface area (Å²) in [5.41, 5.74) is 5.55. The molecule has 0 aromatic heterocycles. The molecule has 1 aliphatic carbocycles. The van der Waals surface area contributed by atoms with Gasteiger partial charge in [-0.15, -0.1) is 0 Å². The first-order chi connectivity index (χ1) is 6.72. The maximum Gasteiger partial charge on any atom is 0.0161 e. The molecule has 0 spiro atoms. The molecule has 84 valence electrons. The van der Waals surface area contributed by atoms with Crippen LogP contribution < -0.4 is 11.1 Å². The first-order valence-corrected chi connectivity index (χ1v) is 6.15. The van der Waals surface area contributed by atoms with E-state index in [0.717, 1.165) is 24.9 Å². The fourth-order valence-electron chi connectivity index (χ4n) is 2.23. The van der Waals surface area contributed by atoms with Crippen molar-refractivity contribution in [1.82, 2.24) is 5.32 Å². The maximum atomic E-state index is 5.55. The monoisotopic (exact) mass is 198 g/mol. The highest BCUT2D eigenvalue weighted by Crippen LogP contribution is 2.29. The average Bonchev–Trinajstić information content (AvgIpc) is 2.21. The Balaban J connectivity index is 2.02. The van der Waals surface area contributed by atoms with Crippen LogP contribution in [0.3, 0.4) is 0 Å². The van der Waals surface area contributed by atoms with Crippen LogP contribution in [0, 0.1) is 11.8 Å². The summed E-state index contributed by atoms with van der Waals surface area (Å²) in [5.74, 6) is 1.95. The van der Waals surface area contributed by atoms with E-state index in [9.17, 15) is 0 Å². The van der Waals surface area contributed by atoms with Gasteiger partial charge in [0.15, 0.2) is 0 Å². The maximum absolute atomic E-state index is 5.55. The molecule has 14 heavy (non-hydrogen) atoms. The number of nitrogens with one attached hydrogen (secondary N) is 1. The molecule has 0 aromatic carbocycles. The fourth-order valence-corrected chi connectivity index (χ4v) is 2.23. The van der Waals surface area contributed by atoms with E-state index < -0.39 is 0 Å². The molecule has 3 N–H and O–H groups in total. The second-order valence-corrected chi connectivity index (χ2v) is 5.01. The lowest BCUT2D eigenvalue weighted by atomic mass is 9.81. The van der Waals surface area contributed by atoms with Crippen molar-refractivity contribution in [3.05, 3.63) is 0 Å². The van der Waals surface area contributed by atoms with E-state index in [0.29, 0.717) is 6.04 Å².